The zero-order valence-corrected chi connectivity index (χ0v) is 11.8. The van der Waals surface area contributed by atoms with Crippen molar-refractivity contribution in [3.63, 3.8) is 0 Å². The fraction of sp³-hybridized carbons (Fsp3) is 0.769. The quantitative estimate of drug-likeness (QED) is 0.840. The van der Waals surface area contributed by atoms with E-state index in [1.807, 2.05) is 0 Å². The largest absolute Gasteiger partial charge is 0.350 e. The van der Waals surface area contributed by atoms with Crippen molar-refractivity contribution < 1.29 is 4.79 Å². The van der Waals surface area contributed by atoms with E-state index in [-0.39, 0.29) is 11.9 Å². The number of piperidine rings is 1. The molecule has 2 N–H and O–H groups in total. The summed E-state index contributed by atoms with van der Waals surface area (Å²) in [6.07, 6.45) is 7.42. The number of carbonyl (C=O) groups is 1. The van der Waals surface area contributed by atoms with Crippen LogP contribution in [0.15, 0.2) is 11.1 Å². The molecule has 1 saturated heterocycles. The third kappa shape index (κ3) is 3.55. The molecule has 1 saturated carbocycles. The van der Waals surface area contributed by atoms with Gasteiger partial charge in [-0.3, -0.25) is 4.79 Å². The Labute approximate surface area is 112 Å². The minimum absolute atomic E-state index is 0.00111. The third-order valence-corrected chi connectivity index (χ3v) is 4.20. The molecule has 96 valence electrons. The van der Waals surface area contributed by atoms with Gasteiger partial charge in [-0.05, 0) is 31.6 Å². The summed E-state index contributed by atoms with van der Waals surface area (Å²) in [5.74, 6) is 0.925. The molecule has 3 atom stereocenters. The lowest BCUT2D eigenvalue weighted by molar-refractivity contribution is -0.124. The summed E-state index contributed by atoms with van der Waals surface area (Å²) >= 11 is 3.25. The number of halogens is 1. The Morgan fingerprint density at radius 1 is 1.29 bits per heavy atom. The van der Waals surface area contributed by atoms with Crippen molar-refractivity contribution in [1.82, 2.24) is 10.6 Å². The second-order valence-corrected chi connectivity index (χ2v) is 6.30. The summed E-state index contributed by atoms with van der Waals surface area (Å²) in [4.78, 5) is 11.9. The number of amides is 1. The number of carbonyl (C=O) groups excluding carboxylic acids is 1. The SMILES string of the molecule is C=C(Br)CNC(=O)C1CCC2CCCCC2N1. The van der Waals surface area contributed by atoms with Crippen LogP contribution in [0.25, 0.3) is 0 Å². The maximum atomic E-state index is 11.9. The maximum absolute atomic E-state index is 11.9. The highest BCUT2D eigenvalue weighted by Crippen LogP contribution is 2.32. The van der Waals surface area contributed by atoms with E-state index in [4.69, 9.17) is 0 Å². The molecule has 17 heavy (non-hydrogen) atoms. The minimum Gasteiger partial charge on any atom is -0.350 e. The van der Waals surface area contributed by atoms with Crippen LogP contribution in [0.3, 0.4) is 0 Å². The summed E-state index contributed by atoms with van der Waals surface area (Å²) in [7, 11) is 0. The van der Waals surface area contributed by atoms with Crippen LogP contribution < -0.4 is 10.6 Å². The first kappa shape index (κ1) is 13.1. The van der Waals surface area contributed by atoms with Crippen LogP contribution in [0, 0.1) is 5.92 Å². The lowest BCUT2D eigenvalue weighted by Crippen LogP contribution is -2.55. The van der Waals surface area contributed by atoms with Crippen LogP contribution in [-0.4, -0.2) is 24.5 Å². The standard InChI is InChI=1S/C13H21BrN2O/c1-9(14)8-15-13(17)12-7-6-10-4-2-3-5-11(10)16-12/h10-12,16H,1-8H2,(H,15,17). The Hall–Kier alpha value is -0.350. The molecule has 0 aromatic rings. The fourth-order valence-electron chi connectivity index (χ4n) is 3.01. The van der Waals surface area contributed by atoms with E-state index in [1.165, 1.54) is 32.1 Å². The maximum Gasteiger partial charge on any atom is 0.237 e. The molecule has 1 amide bonds. The second-order valence-electron chi connectivity index (χ2n) is 5.18. The third-order valence-electron chi connectivity index (χ3n) is 3.92. The normalized spacial score (nSPS) is 32.6. The van der Waals surface area contributed by atoms with E-state index < -0.39 is 0 Å². The molecule has 3 unspecified atom stereocenters. The molecule has 2 rings (SSSR count). The van der Waals surface area contributed by atoms with Gasteiger partial charge in [-0.25, -0.2) is 0 Å². The smallest absolute Gasteiger partial charge is 0.237 e. The monoisotopic (exact) mass is 300 g/mol. The van der Waals surface area contributed by atoms with Crippen LogP contribution in [-0.2, 0) is 4.79 Å². The minimum atomic E-state index is 0.00111. The lowest BCUT2D eigenvalue weighted by atomic mass is 9.77. The molecule has 4 heteroatoms. The molecular weight excluding hydrogens is 280 g/mol. The zero-order chi connectivity index (χ0) is 12.3. The highest BCUT2D eigenvalue weighted by Gasteiger charge is 2.34. The highest BCUT2D eigenvalue weighted by molar-refractivity contribution is 9.11. The Morgan fingerprint density at radius 2 is 2.06 bits per heavy atom. The molecule has 0 aromatic heterocycles. The lowest BCUT2D eigenvalue weighted by Gasteiger charge is -2.39. The summed E-state index contributed by atoms with van der Waals surface area (Å²) in [5.41, 5.74) is 0. The van der Waals surface area contributed by atoms with Gasteiger partial charge in [0, 0.05) is 17.1 Å². The van der Waals surface area contributed by atoms with Crippen molar-refractivity contribution in [3.05, 3.63) is 11.1 Å². The first-order chi connectivity index (χ1) is 8.16. The van der Waals surface area contributed by atoms with Gasteiger partial charge in [-0.1, -0.05) is 35.4 Å². The van der Waals surface area contributed by atoms with Crippen LogP contribution in [0.5, 0.6) is 0 Å². The fourth-order valence-corrected chi connectivity index (χ4v) is 3.15. The van der Waals surface area contributed by atoms with Crippen LogP contribution in [0.2, 0.25) is 0 Å². The van der Waals surface area contributed by atoms with Gasteiger partial charge in [0.1, 0.15) is 0 Å². The van der Waals surface area contributed by atoms with Gasteiger partial charge >= 0.3 is 0 Å². The first-order valence-corrected chi connectivity index (χ1v) is 7.33. The van der Waals surface area contributed by atoms with E-state index in [0.717, 1.165) is 16.8 Å². The molecule has 2 aliphatic rings. The van der Waals surface area contributed by atoms with Gasteiger partial charge < -0.3 is 10.6 Å². The molecule has 0 aromatic carbocycles. The molecule has 0 spiro atoms. The van der Waals surface area contributed by atoms with E-state index in [2.05, 4.69) is 33.1 Å². The van der Waals surface area contributed by atoms with Crippen molar-refractivity contribution in [2.75, 3.05) is 6.54 Å². The van der Waals surface area contributed by atoms with E-state index in [0.29, 0.717) is 12.6 Å². The Balaban J connectivity index is 1.82. The van der Waals surface area contributed by atoms with Gasteiger partial charge in [0.2, 0.25) is 5.91 Å². The van der Waals surface area contributed by atoms with Gasteiger partial charge in [-0.2, -0.15) is 0 Å². The average molecular weight is 301 g/mol. The molecule has 3 nitrogen and oxygen atoms in total. The van der Waals surface area contributed by atoms with Gasteiger partial charge in [-0.15, -0.1) is 0 Å². The van der Waals surface area contributed by atoms with E-state index in [1.54, 1.807) is 0 Å². The summed E-state index contributed by atoms with van der Waals surface area (Å²) in [6.45, 7) is 4.24. The average Bonchev–Trinajstić information content (AvgIpc) is 2.35. The predicted molar refractivity (Wildman–Crippen MR) is 73.0 cm³/mol. The molecule has 0 radical (unpaired) electrons. The van der Waals surface area contributed by atoms with Crippen molar-refractivity contribution in [3.8, 4) is 0 Å². The Kier molecular flexibility index (Phi) is 4.62. The molecule has 0 bridgehead atoms. The first-order valence-electron chi connectivity index (χ1n) is 6.54. The van der Waals surface area contributed by atoms with Crippen LogP contribution in [0.1, 0.15) is 38.5 Å². The summed E-state index contributed by atoms with van der Waals surface area (Å²) in [6, 6.07) is 0.571. The molecule has 1 aliphatic heterocycles. The highest BCUT2D eigenvalue weighted by atomic mass is 79.9. The Bertz CT molecular complexity index is 306. The van der Waals surface area contributed by atoms with Crippen molar-refractivity contribution in [2.24, 2.45) is 5.92 Å². The summed E-state index contributed by atoms with van der Waals surface area (Å²) in [5, 5.41) is 6.42. The molecule has 2 fully saturated rings. The van der Waals surface area contributed by atoms with Gasteiger partial charge in [0.15, 0.2) is 0 Å². The zero-order valence-electron chi connectivity index (χ0n) is 10.2. The Morgan fingerprint density at radius 3 is 2.82 bits per heavy atom. The number of nitrogens with one attached hydrogen (secondary N) is 2. The van der Waals surface area contributed by atoms with E-state index >= 15 is 0 Å². The molecule has 1 heterocycles. The topological polar surface area (TPSA) is 41.1 Å². The van der Waals surface area contributed by atoms with Crippen molar-refractivity contribution in [1.29, 1.82) is 0 Å². The predicted octanol–water partition coefficient (Wildman–Crippen LogP) is 2.32. The van der Waals surface area contributed by atoms with Gasteiger partial charge in [0.25, 0.3) is 0 Å². The van der Waals surface area contributed by atoms with Crippen molar-refractivity contribution >= 4 is 21.8 Å². The number of rotatable bonds is 3. The number of hydrogen-bond donors (Lipinski definition) is 2. The van der Waals surface area contributed by atoms with Crippen LogP contribution in [0.4, 0.5) is 0 Å². The second kappa shape index (κ2) is 6.01. The van der Waals surface area contributed by atoms with E-state index in [9.17, 15) is 4.79 Å². The van der Waals surface area contributed by atoms with Crippen molar-refractivity contribution in [2.45, 2.75) is 50.6 Å². The van der Waals surface area contributed by atoms with Gasteiger partial charge in [0.05, 0.1) is 6.04 Å². The number of fused-ring (bicyclic) bond motifs is 1. The molecular formula is C13H21BrN2O. The number of hydrogen-bond acceptors (Lipinski definition) is 2. The van der Waals surface area contributed by atoms with Crippen LogP contribution >= 0.6 is 15.9 Å². The summed E-state index contributed by atoms with van der Waals surface area (Å²) < 4.78 is 0.817. The molecule has 1 aliphatic carbocycles.